The molecule has 2 heterocycles. The Balaban J connectivity index is 2.35. The van der Waals surface area contributed by atoms with Crippen molar-refractivity contribution < 1.29 is 17.6 Å². The molecule has 1 unspecified atom stereocenters. The van der Waals surface area contributed by atoms with Gasteiger partial charge >= 0.3 is 0 Å². The van der Waals surface area contributed by atoms with Crippen LogP contribution in [0.1, 0.15) is 20.3 Å². The number of nitrogens with one attached hydrogen (secondary N) is 1. The van der Waals surface area contributed by atoms with Gasteiger partial charge in [0, 0.05) is 30.6 Å². The third-order valence-electron chi connectivity index (χ3n) is 4.03. The van der Waals surface area contributed by atoms with Crippen molar-refractivity contribution in [1.82, 2.24) is 15.0 Å². The summed E-state index contributed by atoms with van der Waals surface area (Å²) in [6.07, 6.45) is 6.93. The second-order valence-corrected chi connectivity index (χ2v) is 5.81. The standard InChI is InChI=1S/C19H16F4N4/c1-3-5-11(4-2)26-16-15(14-12(21)8-10(20)9-13(14)22)18(23)27-19-17(16)24-6-7-25-19/h3,5-9,11H,4H2,1-2H3,(H,25,26,27)/b5-3+. The molecular weight excluding hydrogens is 360 g/mol. The summed E-state index contributed by atoms with van der Waals surface area (Å²) in [4.78, 5) is 11.8. The molecule has 2 aromatic heterocycles. The van der Waals surface area contributed by atoms with Crippen LogP contribution >= 0.6 is 0 Å². The number of halogens is 4. The highest BCUT2D eigenvalue weighted by Gasteiger charge is 2.25. The van der Waals surface area contributed by atoms with E-state index in [1.165, 1.54) is 12.4 Å². The SMILES string of the molecule is C/C=C/C(CC)Nc1c(-c2c(F)cc(F)cc2F)c(F)nc2nccnc12. The first-order chi connectivity index (χ1) is 13.0. The predicted octanol–water partition coefficient (Wildman–Crippen LogP) is 5.01. The molecule has 8 heteroatoms. The van der Waals surface area contributed by atoms with Crippen LogP contribution in [0.25, 0.3) is 22.3 Å². The minimum absolute atomic E-state index is 0.0143. The van der Waals surface area contributed by atoms with Crippen LogP contribution in [0.5, 0.6) is 0 Å². The Labute approximate surface area is 153 Å². The van der Waals surface area contributed by atoms with E-state index in [-0.39, 0.29) is 22.9 Å². The lowest BCUT2D eigenvalue weighted by Gasteiger charge is -2.20. The largest absolute Gasteiger partial charge is 0.376 e. The molecule has 0 saturated heterocycles. The number of rotatable bonds is 5. The Kier molecular flexibility index (Phi) is 5.34. The number of benzene rings is 1. The third kappa shape index (κ3) is 3.60. The molecule has 0 amide bonds. The van der Waals surface area contributed by atoms with Gasteiger partial charge in [0.2, 0.25) is 5.95 Å². The van der Waals surface area contributed by atoms with E-state index >= 15 is 0 Å². The quantitative estimate of drug-likeness (QED) is 0.386. The lowest BCUT2D eigenvalue weighted by Crippen LogP contribution is -2.18. The molecule has 1 aromatic carbocycles. The first-order valence-electron chi connectivity index (χ1n) is 8.30. The fourth-order valence-electron chi connectivity index (χ4n) is 2.81. The van der Waals surface area contributed by atoms with Gasteiger partial charge in [0.1, 0.15) is 23.0 Å². The fraction of sp³-hybridized carbons (Fsp3) is 0.211. The molecule has 4 nitrogen and oxygen atoms in total. The molecule has 0 spiro atoms. The molecule has 0 bridgehead atoms. The summed E-state index contributed by atoms with van der Waals surface area (Å²) in [7, 11) is 0. The average Bonchev–Trinajstić information content (AvgIpc) is 2.62. The summed E-state index contributed by atoms with van der Waals surface area (Å²) in [5.41, 5.74) is -0.993. The second kappa shape index (κ2) is 7.69. The van der Waals surface area contributed by atoms with Crippen LogP contribution in [0, 0.1) is 23.4 Å². The number of allylic oxidation sites excluding steroid dienone is 1. The smallest absolute Gasteiger partial charge is 0.225 e. The molecule has 1 N–H and O–H groups in total. The summed E-state index contributed by atoms with van der Waals surface area (Å²) in [6.45, 7) is 3.71. The molecule has 0 fully saturated rings. The van der Waals surface area contributed by atoms with Crippen molar-refractivity contribution in [2.75, 3.05) is 5.32 Å². The summed E-state index contributed by atoms with van der Waals surface area (Å²) < 4.78 is 56.9. The number of fused-ring (bicyclic) bond motifs is 1. The van der Waals surface area contributed by atoms with Gasteiger partial charge < -0.3 is 5.32 Å². The Hall–Kier alpha value is -3.03. The van der Waals surface area contributed by atoms with E-state index in [0.717, 1.165) is 0 Å². The van der Waals surface area contributed by atoms with Crippen LogP contribution in [0.4, 0.5) is 23.2 Å². The predicted molar refractivity (Wildman–Crippen MR) is 95.1 cm³/mol. The maximum atomic E-state index is 14.8. The zero-order valence-electron chi connectivity index (χ0n) is 14.6. The van der Waals surface area contributed by atoms with Crippen LogP contribution in [0.3, 0.4) is 0 Å². The second-order valence-electron chi connectivity index (χ2n) is 5.81. The molecule has 0 radical (unpaired) electrons. The van der Waals surface area contributed by atoms with Gasteiger partial charge in [-0.15, -0.1) is 0 Å². The van der Waals surface area contributed by atoms with E-state index in [9.17, 15) is 17.6 Å². The summed E-state index contributed by atoms with van der Waals surface area (Å²) in [5.74, 6) is -4.71. The maximum absolute atomic E-state index is 14.8. The Bertz CT molecular complexity index is 997. The van der Waals surface area contributed by atoms with E-state index < -0.39 is 34.5 Å². The lowest BCUT2D eigenvalue weighted by atomic mass is 10.0. The highest BCUT2D eigenvalue weighted by Crippen LogP contribution is 2.38. The summed E-state index contributed by atoms with van der Waals surface area (Å²) in [5, 5.41) is 3.05. The van der Waals surface area contributed by atoms with Crippen LogP contribution in [-0.4, -0.2) is 21.0 Å². The molecule has 0 aliphatic heterocycles. The van der Waals surface area contributed by atoms with Gasteiger partial charge in [-0.1, -0.05) is 19.1 Å². The molecule has 27 heavy (non-hydrogen) atoms. The van der Waals surface area contributed by atoms with Crippen LogP contribution in [-0.2, 0) is 0 Å². The van der Waals surface area contributed by atoms with E-state index in [2.05, 4.69) is 20.3 Å². The van der Waals surface area contributed by atoms with Crippen molar-refractivity contribution in [3.05, 3.63) is 60.1 Å². The molecule has 140 valence electrons. The topological polar surface area (TPSA) is 50.7 Å². The van der Waals surface area contributed by atoms with Gasteiger partial charge in [0.05, 0.1) is 16.8 Å². The van der Waals surface area contributed by atoms with E-state index in [0.29, 0.717) is 18.6 Å². The molecular formula is C19H16F4N4. The van der Waals surface area contributed by atoms with Gasteiger partial charge in [-0.3, -0.25) is 0 Å². The first kappa shape index (κ1) is 18.8. The number of aromatic nitrogens is 3. The third-order valence-corrected chi connectivity index (χ3v) is 4.03. The van der Waals surface area contributed by atoms with E-state index in [1.807, 2.05) is 19.9 Å². The highest BCUT2D eigenvalue weighted by atomic mass is 19.1. The fourth-order valence-corrected chi connectivity index (χ4v) is 2.81. The zero-order valence-corrected chi connectivity index (χ0v) is 14.6. The van der Waals surface area contributed by atoms with Crippen molar-refractivity contribution in [2.24, 2.45) is 0 Å². The average molecular weight is 376 g/mol. The molecule has 3 rings (SSSR count). The molecule has 0 aliphatic rings. The normalized spacial score (nSPS) is 12.7. The minimum atomic E-state index is -1.24. The number of nitrogens with zero attached hydrogens (tertiary/aromatic N) is 3. The van der Waals surface area contributed by atoms with Crippen molar-refractivity contribution >= 4 is 16.9 Å². The van der Waals surface area contributed by atoms with Crippen LogP contribution in [0.2, 0.25) is 0 Å². The molecule has 1 atom stereocenters. The Morgan fingerprint density at radius 3 is 2.33 bits per heavy atom. The summed E-state index contributed by atoms with van der Waals surface area (Å²) >= 11 is 0. The zero-order chi connectivity index (χ0) is 19.6. The molecule has 0 aliphatic carbocycles. The number of hydrogen-bond acceptors (Lipinski definition) is 4. The van der Waals surface area contributed by atoms with E-state index in [4.69, 9.17) is 0 Å². The lowest BCUT2D eigenvalue weighted by molar-refractivity contribution is 0.542. The van der Waals surface area contributed by atoms with Crippen LogP contribution in [0.15, 0.2) is 36.7 Å². The first-order valence-corrected chi connectivity index (χ1v) is 8.30. The molecule has 3 aromatic rings. The van der Waals surface area contributed by atoms with Gasteiger partial charge in [-0.25, -0.2) is 23.1 Å². The highest BCUT2D eigenvalue weighted by molar-refractivity contribution is 5.95. The number of pyridine rings is 1. The van der Waals surface area contributed by atoms with Crippen LogP contribution < -0.4 is 5.32 Å². The Morgan fingerprint density at radius 1 is 1.04 bits per heavy atom. The summed E-state index contributed by atoms with van der Waals surface area (Å²) in [6, 6.07) is 0.727. The van der Waals surface area contributed by atoms with Crippen molar-refractivity contribution in [1.29, 1.82) is 0 Å². The molecule has 0 saturated carbocycles. The van der Waals surface area contributed by atoms with Crippen molar-refractivity contribution in [3.8, 4) is 11.1 Å². The number of hydrogen-bond donors (Lipinski definition) is 1. The van der Waals surface area contributed by atoms with Gasteiger partial charge in [-0.2, -0.15) is 9.37 Å². The minimum Gasteiger partial charge on any atom is -0.376 e. The van der Waals surface area contributed by atoms with Gasteiger partial charge in [-0.05, 0) is 13.3 Å². The maximum Gasteiger partial charge on any atom is 0.225 e. The van der Waals surface area contributed by atoms with Crippen molar-refractivity contribution in [3.63, 3.8) is 0 Å². The van der Waals surface area contributed by atoms with E-state index in [1.54, 1.807) is 6.08 Å². The van der Waals surface area contributed by atoms with Gasteiger partial charge in [0.15, 0.2) is 5.65 Å². The van der Waals surface area contributed by atoms with Gasteiger partial charge in [0.25, 0.3) is 0 Å². The van der Waals surface area contributed by atoms with Crippen molar-refractivity contribution in [2.45, 2.75) is 26.3 Å². The monoisotopic (exact) mass is 376 g/mol. The Morgan fingerprint density at radius 2 is 1.70 bits per heavy atom. The number of anilines is 1.